The zero-order chi connectivity index (χ0) is 17.2. The van der Waals surface area contributed by atoms with Crippen molar-refractivity contribution in [3.8, 4) is 0 Å². The Morgan fingerprint density at radius 2 is 0.920 bits per heavy atom. The number of nitrogens with two attached hydrogens (primary N) is 6. The molecule has 6 nitrogen and oxygen atoms in total. The summed E-state index contributed by atoms with van der Waals surface area (Å²) >= 11 is 0. The number of anilines is 6. The Bertz CT molecular complexity index is 1150. The van der Waals surface area contributed by atoms with Crippen LogP contribution in [0.2, 0.25) is 0 Å². The van der Waals surface area contributed by atoms with Crippen LogP contribution in [0, 0.1) is 0 Å². The first kappa shape index (κ1) is 16.8. The van der Waals surface area contributed by atoms with Crippen LogP contribution in [-0.4, -0.2) is 0 Å². The van der Waals surface area contributed by atoms with E-state index >= 15 is 0 Å². The van der Waals surface area contributed by atoms with Crippen LogP contribution in [-0.2, 0) is 16.5 Å². The average molecular weight is 377 g/mol. The molecule has 4 aromatic rings. The summed E-state index contributed by atoms with van der Waals surface area (Å²) in [5.74, 6) is 0. The smallest absolute Gasteiger partial charge is 0.0809 e. The van der Waals surface area contributed by atoms with Crippen LogP contribution in [0.15, 0.2) is 36.4 Å². The van der Waals surface area contributed by atoms with Crippen molar-refractivity contribution in [1.29, 1.82) is 0 Å². The molecule has 0 amide bonds. The van der Waals surface area contributed by atoms with E-state index in [4.69, 9.17) is 34.4 Å². The fraction of sp³-hybridized carbons (Fsp3) is 0. The predicted molar refractivity (Wildman–Crippen MR) is 105 cm³/mol. The van der Waals surface area contributed by atoms with E-state index in [1.807, 2.05) is 30.3 Å². The summed E-state index contributed by atoms with van der Waals surface area (Å²) in [6.45, 7) is 0. The quantitative estimate of drug-likeness (QED) is 0.157. The van der Waals surface area contributed by atoms with Crippen LogP contribution in [0.25, 0.3) is 32.3 Å². The number of hydrogen-bond donors (Lipinski definition) is 6. The fourth-order valence-corrected chi connectivity index (χ4v) is 3.43. The van der Waals surface area contributed by atoms with Gasteiger partial charge in [0.2, 0.25) is 0 Å². The molecule has 0 radical (unpaired) electrons. The van der Waals surface area contributed by atoms with Crippen molar-refractivity contribution in [2.75, 3.05) is 34.4 Å². The SMILES string of the molecule is Nc1ccc2c3ccccc3c3c(N)c(N)c(N)c(N)c3c2c1N.[Ni]. The second-order valence-corrected chi connectivity index (χ2v) is 5.94. The van der Waals surface area contributed by atoms with Gasteiger partial charge in [-0.15, -0.1) is 0 Å². The first-order valence-corrected chi connectivity index (χ1v) is 7.47. The van der Waals surface area contributed by atoms with E-state index in [9.17, 15) is 0 Å². The van der Waals surface area contributed by atoms with Crippen LogP contribution in [0.3, 0.4) is 0 Å². The number of nitrogen functional groups attached to an aromatic ring is 6. The normalized spacial score (nSPS) is 11.0. The Kier molecular flexibility index (Phi) is 3.69. The molecule has 0 spiro atoms. The molecule has 0 saturated heterocycles. The molecule has 0 aromatic heterocycles. The first-order valence-electron chi connectivity index (χ1n) is 7.47. The third-order valence-corrected chi connectivity index (χ3v) is 4.67. The number of fused-ring (bicyclic) bond motifs is 6. The molecule has 7 heteroatoms. The number of benzene rings is 4. The Morgan fingerprint density at radius 3 is 1.56 bits per heavy atom. The van der Waals surface area contributed by atoms with Gasteiger partial charge < -0.3 is 34.4 Å². The Morgan fingerprint density at radius 1 is 0.440 bits per heavy atom. The van der Waals surface area contributed by atoms with E-state index in [0.717, 1.165) is 26.9 Å². The zero-order valence-corrected chi connectivity index (χ0v) is 14.2. The minimum absolute atomic E-state index is 0. The molecular formula is C18H18N6Ni. The van der Waals surface area contributed by atoms with Gasteiger partial charge in [0, 0.05) is 32.7 Å². The standard InChI is InChI=1S/C18H18N6.Ni/c19-10-6-5-9-7-3-1-2-4-8(7)12-13(11(9)14(10)20)16(22)18(24)17(23)15(12)21;/h1-6H,19-24H2;. The minimum atomic E-state index is 0. The summed E-state index contributed by atoms with van der Waals surface area (Å²) in [7, 11) is 0. The van der Waals surface area contributed by atoms with Crippen molar-refractivity contribution in [3.63, 3.8) is 0 Å². The van der Waals surface area contributed by atoms with Gasteiger partial charge in [-0.05, 0) is 22.2 Å². The van der Waals surface area contributed by atoms with Crippen LogP contribution < -0.4 is 34.4 Å². The van der Waals surface area contributed by atoms with E-state index in [1.165, 1.54) is 0 Å². The summed E-state index contributed by atoms with van der Waals surface area (Å²) in [5, 5.41) is 5.08. The molecular weight excluding hydrogens is 359 g/mol. The summed E-state index contributed by atoms with van der Waals surface area (Å²) in [5.41, 5.74) is 39.3. The molecule has 0 atom stereocenters. The molecule has 0 aliphatic carbocycles. The van der Waals surface area contributed by atoms with Crippen molar-refractivity contribution < 1.29 is 16.5 Å². The van der Waals surface area contributed by atoms with Gasteiger partial charge in [0.25, 0.3) is 0 Å². The van der Waals surface area contributed by atoms with E-state index in [0.29, 0.717) is 28.1 Å². The summed E-state index contributed by atoms with van der Waals surface area (Å²) in [4.78, 5) is 0. The van der Waals surface area contributed by atoms with Gasteiger partial charge in [0.1, 0.15) is 0 Å². The van der Waals surface area contributed by atoms with Crippen LogP contribution in [0.1, 0.15) is 0 Å². The Balaban J connectivity index is 0.00000182. The first-order chi connectivity index (χ1) is 11.4. The molecule has 0 aliphatic rings. The number of rotatable bonds is 0. The second-order valence-electron chi connectivity index (χ2n) is 5.94. The summed E-state index contributed by atoms with van der Waals surface area (Å²) in [6, 6.07) is 11.6. The van der Waals surface area contributed by atoms with Gasteiger partial charge in [-0.2, -0.15) is 0 Å². The monoisotopic (exact) mass is 376 g/mol. The maximum Gasteiger partial charge on any atom is 0.0809 e. The largest absolute Gasteiger partial charge is 0.397 e. The van der Waals surface area contributed by atoms with Gasteiger partial charge in [-0.1, -0.05) is 30.3 Å². The molecule has 130 valence electrons. The Hall–Kier alpha value is -3.05. The Labute approximate surface area is 154 Å². The maximum absolute atomic E-state index is 6.31. The molecule has 4 aromatic carbocycles. The van der Waals surface area contributed by atoms with Crippen molar-refractivity contribution in [2.24, 2.45) is 0 Å². The van der Waals surface area contributed by atoms with E-state index in [2.05, 4.69) is 0 Å². The molecule has 0 bridgehead atoms. The minimum Gasteiger partial charge on any atom is -0.397 e. The van der Waals surface area contributed by atoms with E-state index in [-0.39, 0.29) is 27.9 Å². The fourth-order valence-electron chi connectivity index (χ4n) is 3.43. The van der Waals surface area contributed by atoms with Crippen LogP contribution >= 0.6 is 0 Å². The van der Waals surface area contributed by atoms with Gasteiger partial charge in [-0.25, -0.2) is 0 Å². The third kappa shape index (κ3) is 2.03. The molecule has 4 rings (SSSR count). The van der Waals surface area contributed by atoms with Crippen molar-refractivity contribution in [3.05, 3.63) is 36.4 Å². The molecule has 0 unspecified atom stereocenters. The van der Waals surface area contributed by atoms with Gasteiger partial charge in [0.05, 0.1) is 34.1 Å². The zero-order valence-electron chi connectivity index (χ0n) is 13.2. The molecule has 0 aliphatic heterocycles. The predicted octanol–water partition coefficient (Wildman–Crippen LogP) is 2.64. The van der Waals surface area contributed by atoms with Crippen LogP contribution in [0.4, 0.5) is 34.1 Å². The second kappa shape index (κ2) is 5.50. The molecule has 12 N–H and O–H groups in total. The third-order valence-electron chi connectivity index (χ3n) is 4.67. The molecule has 0 heterocycles. The van der Waals surface area contributed by atoms with Crippen molar-refractivity contribution >= 4 is 66.4 Å². The molecule has 25 heavy (non-hydrogen) atoms. The van der Waals surface area contributed by atoms with Gasteiger partial charge >= 0.3 is 0 Å². The topological polar surface area (TPSA) is 156 Å². The maximum atomic E-state index is 6.31. The average Bonchev–Trinajstić information content (AvgIpc) is 2.59. The molecule has 0 saturated carbocycles. The summed E-state index contributed by atoms with van der Waals surface area (Å²) < 4.78 is 0. The van der Waals surface area contributed by atoms with Crippen LogP contribution in [0.5, 0.6) is 0 Å². The summed E-state index contributed by atoms with van der Waals surface area (Å²) in [6.07, 6.45) is 0. The van der Waals surface area contributed by atoms with Gasteiger partial charge in [-0.3, -0.25) is 0 Å². The molecule has 0 fully saturated rings. The van der Waals surface area contributed by atoms with E-state index < -0.39 is 0 Å². The van der Waals surface area contributed by atoms with Crippen molar-refractivity contribution in [1.82, 2.24) is 0 Å². The van der Waals surface area contributed by atoms with Crippen molar-refractivity contribution in [2.45, 2.75) is 0 Å². The van der Waals surface area contributed by atoms with E-state index in [1.54, 1.807) is 6.07 Å². The number of hydrogen-bond acceptors (Lipinski definition) is 6. The van der Waals surface area contributed by atoms with Gasteiger partial charge in [0.15, 0.2) is 0 Å².